The summed E-state index contributed by atoms with van der Waals surface area (Å²) in [7, 11) is 0. The van der Waals surface area contributed by atoms with Crippen LogP contribution >= 0.6 is 11.3 Å². The van der Waals surface area contributed by atoms with Crippen LogP contribution in [-0.4, -0.2) is 63.8 Å². The fourth-order valence-corrected chi connectivity index (χ4v) is 6.44. The van der Waals surface area contributed by atoms with Crippen LogP contribution in [0.4, 0.5) is 28.7 Å². The fourth-order valence-electron chi connectivity index (χ4n) is 5.21. The first kappa shape index (κ1) is 27.7. The number of piperazine rings is 1. The number of carbonyl (C=O) groups excluding carboxylic acids is 1. The Morgan fingerprint density at radius 3 is 2.58 bits per heavy atom. The maximum Gasteiger partial charge on any atom is 0.410 e. The number of nitriles is 1. The van der Waals surface area contributed by atoms with E-state index in [4.69, 9.17) is 15.0 Å². The number of nitrogen functional groups attached to an aromatic ring is 1. The Kier molecular flexibility index (Phi) is 6.68. The van der Waals surface area contributed by atoms with Gasteiger partial charge < -0.3 is 24.8 Å². The van der Waals surface area contributed by atoms with Crippen LogP contribution in [0.15, 0.2) is 16.7 Å². The van der Waals surface area contributed by atoms with E-state index in [-0.39, 0.29) is 28.0 Å². The number of alkyl halides is 2. The van der Waals surface area contributed by atoms with Crippen LogP contribution in [0.5, 0.6) is 0 Å². The molecule has 2 N–H and O–H groups in total. The second kappa shape index (κ2) is 9.65. The number of aromatic nitrogens is 3. The summed E-state index contributed by atoms with van der Waals surface area (Å²) in [5, 5.41) is 13.8. The zero-order chi connectivity index (χ0) is 29.0. The second-order valence-electron chi connectivity index (χ2n) is 11.2. The van der Waals surface area contributed by atoms with Crippen LogP contribution in [0, 0.1) is 17.3 Å². The molecular weight excluding hydrogens is 547 g/mol. The number of hydrogen-bond donors (Lipinski definition) is 1. The number of thiophene rings is 1. The fraction of sp³-hybridized carbons (Fsp3) is 0.500. The molecule has 1 aliphatic carbocycles. The molecule has 0 radical (unpaired) electrons. The van der Waals surface area contributed by atoms with Crippen molar-refractivity contribution >= 4 is 28.1 Å². The zero-order valence-corrected chi connectivity index (χ0v) is 23.2. The third-order valence-corrected chi connectivity index (χ3v) is 7.92. The number of halogens is 3. The lowest BCUT2D eigenvalue weighted by atomic mass is 9.71. The number of ether oxygens (including phenoxy) is 1. The molecule has 3 aromatic heterocycles. The summed E-state index contributed by atoms with van der Waals surface area (Å²) in [6, 6.07) is 4.85. The van der Waals surface area contributed by atoms with Crippen molar-refractivity contribution in [2.75, 3.05) is 36.8 Å². The number of hydrogen-bond acceptors (Lipinski definition) is 10. The molecule has 10 nitrogen and oxygen atoms in total. The molecule has 1 amide bonds. The van der Waals surface area contributed by atoms with Gasteiger partial charge in [0, 0.05) is 61.2 Å². The molecule has 0 bridgehead atoms. The average molecular weight is 576 g/mol. The van der Waals surface area contributed by atoms with E-state index >= 15 is 0 Å². The van der Waals surface area contributed by atoms with Crippen molar-refractivity contribution in [2.24, 2.45) is 0 Å². The highest BCUT2D eigenvalue weighted by molar-refractivity contribution is 7.16. The summed E-state index contributed by atoms with van der Waals surface area (Å²) < 4.78 is 55.1. The summed E-state index contributed by atoms with van der Waals surface area (Å²) in [4.78, 5) is 24.4. The predicted octanol–water partition coefficient (Wildman–Crippen LogP) is 4.73. The Labute approximate surface area is 232 Å². The molecule has 1 aliphatic heterocycles. The summed E-state index contributed by atoms with van der Waals surface area (Å²) in [5.74, 6) is -4.10. The number of nitrogens with two attached hydrogens (primary N) is 1. The quantitative estimate of drug-likeness (QED) is 0.440. The number of carbonyl (C=O) groups is 1. The van der Waals surface area contributed by atoms with Crippen molar-refractivity contribution < 1.29 is 27.2 Å². The number of fused-ring (bicyclic) bond motifs is 1. The summed E-state index contributed by atoms with van der Waals surface area (Å²) in [5.41, 5.74) is 4.89. The second-order valence-corrected chi connectivity index (χ2v) is 12.3. The lowest BCUT2D eigenvalue weighted by molar-refractivity contribution is -0.0325. The summed E-state index contributed by atoms with van der Waals surface area (Å²) in [6.45, 7) is 8.49. The molecule has 3 aromatic rings. The van der Waals surface area contributed by atoms with Gasteiger partial charge in [0.15, 0.2) is 0 Å². The van der Waals surface area contributed by atoms with Gasteiger partial charge in [0.05, 0.1) is 11.0 Å². The highest BCUT2D eigenvalue weighted by Gasteiger charge is 2.53. The Morgan fingerprint density at radius 2 is 1.93 bits per heavy atom. The lowest BCUT2D eigenvalue weighted by Gasteiger charge is -2.36. The van der Waals surface area contributed by atoms with Gasteiger partial charge in [-0.1, -0.05) is 5.16 Å². The molecular formula is C26H28F3N7O3S. The van der Waals surface area contributed by atoms with E-state index in [9.17, 15) is 23.2 Å². The van der Waals surface area contributed by atoms with Gasteiger partial charge in [-0.2, -0.15) is 14.6 Å². The third kappa shape index (κ3) is 5.17. The van der Waals surface area contributed by atoms with Crippen molar-refractivity contribution in [3.63, 3.8) is 0 Å². The van der Waals surface area contributed by atoms with Gasteiger partial charge in [-0.3, -0.25) is 0 Å². The van der Waals surface area contributed by atoms with Crippen molar-refractivity contribution in [1.29, 1.82) is 5.26 Å². The average Bonchev–Trinajstić information content (AvgIpc) is 3.47. The van der Waals surface area contributed by atoms with Crippen LogP contribution in [0.1, 0.15) is 56.0 Å². The van der Waals surface area contributed by atoms with Crippen molar-refractivity contribution in [3.8, 4) is 17.6 Å². The molecule has 5 rings (SSSR count). The Balaban J connectivity index is 1.41. The maximum absolute atomic E-state index is 14.8. The molecule has 1 fully saturated rings. The largest absolute Gasteiger partial charge is 0.444 e. The first-order valence-electron chi connectivity index (χ1n) is 12.6. The van der Waals surface area contributed by atoms with Gasteiger partial charge in [-0.05, 0) is 33.8 Å². The normalized spacial score (nSPS) is 20.6. The van der Waals surface area contributed by atoms with Crippen LogP contribution in [0.2, 0.25) is 0 Å². The van der Waals surface area contributed by atoms with Crippen LogP contribution in [0.3, 0.4) is 0 Å². The van der Waals surface area contributed by atoms with E-state index in [0.29, 0.717) is 42.3 Å². The third-order valence-electron chi connectivity index (χ3n) is 6.91. The minimum atomic E-state index is -3.09. The van der Waals surface area contributed by atoms with E-state index in [2.05, 4.69) is 15.1 Å². The highest BCUT2D eigenvalue weighted by atomic mass is 32.1. The van der Waals surface area contributed by atoms with E-state index in [1.807, 2.05) is 11.0 Å². The smallest absolute Gasteiger partial charge is 0.410 e. The molecule has 4 heterocycles. The first-order valence-corrected chi connectivity index (χ1v) is 13.5. The zero-order valence-electron chi connectivity index (χ0n) is 22.4. The molecule has 2 aliphatic rings. The number of rotatable bonds is 3. The van der Waals surface area contributed by atoms with Gasteiger partial charge in [0.25, 0.3) is 5.92 Å². The molecule has 1 atom stereocenters. The number of pyridine rings is 1. The van der Waals surface area contributed by atoms with Crippen LogP contribution in [-0.2, 0) is 16.6 Å². The first-order chi connectivity index (χ1) is 18.7. The minimum absolute atomic E-state index is 0.0521. The summed E-state index contributed by atoms with van der Waals surface area (Å²) >= 11 is 0.953. The molecule has 40 heavy (non-hydrogen) atoms. The van der Waals surface area contributed by atoms with Gasteiger partial charge in [-0.25, -0.2) is 18.6 Å². The number of amides is 1. The van der Waals surface area contributed by atoms with Crippen LogP contribution < -0.4 is 10.6 Å². The van der Waals surface area contributed by atoms with Gasteiger partial charge >= 0.3 is 6.09 Å². The SMILES string of the molecule is CC(C)(C)OC(=O)N1CCN(c2cc(F)nc(-c3noc(C4(C)CC(F)(F)Cc5sc(N)c(C#N)c54)n3)c2)CC1. The predicted molar refractivity (Wildman–Crippen MR) is 141 cm³/mol. The van der Waals surface area contributed by atoms with Crippen molar-refractivity contribution in [1.82, 2.24) is 20.0 Å². The van der Waals surface area contributed by atoms with E-state index < -0.39 is 41.8 Å². The van der Waals surface area contributed by atoms with E-state index in [0.717, 1.165) is 11.3 Å². The molecule has 14 heteroatoms. The van der Waals surface area contributed by atoms with Crippen LogP contribution in [0.25, 0.3) is 11.5 Å². The van der Waals surface area contributed by atoms with E-state index in [1.54, 1.807) is 31.7 Å². The van der Waals surface area contributed by atoms with Crippen molar-refractivity contribution in [2.45, 2.75) is 57.5 Å². The molecule has 1 unspecified atom stereocenters. The lowest BCUT2D eigenvalue weighted by Crippen LogP contribution is -2.50. The van der Waals surface area contributed by atoms with E-state index in [1.165, 1.54) is 13.0 Å². The number of anilines is 2. The minimum Gasteiger partial charge on any atom is -0.444 e. The van der Waals surface area contributed by atoms with Gasteiger partial charge in [-0.15, -0.1) is 11.3 Å². The number of nitrogens with zero attached hydrogens (tertiary/aromatic N) is 6. The Bertz CT molecular complexity index is 1500. The standard InChI is InChI=1S/C26H28F3N7O3S/c1-24(2,3)38-23(37)36-7-5-35(6-8-36)14-9-16(32-18(27)10-14)21-33-22(39-34-21)25(4)13-26(28,29)11-17-19(25)15(12-30)20(31)40-17/h9-10H,5-8,11,13,31H2,1-4H3. The summed E-state index contributed by atoms with van der Waals surface area (Å²) in [6.07, 6.45) is -1.61. The molecule has 212 valence electrons. The topological polar surface area (TPSA) is 134 Å². The molecule has 1 saturated heterocycles. The Morgan fingerprint density at radius 1 is 1.23 bits per heavy atom. The molecule has 0 aromatic carbocycles. The van der Waals surface area contributed by atoms with Crippen molar-refractivity contribution in [3.05, 3.63) is 40.0 Å². The molecule has 0 spiro atoms. The highest BCUT2D eigenvalue weighted by Crippen LogP contribution is 2.52. The van der Waals surface area contributed by atoms with Gasteiger partial charge in [0.1, 0.15) is 22.4 Å². The monoisotopic (exact) mass is 575 g/mol. The molecule has 0 saturated carbocycles. The Hall–Kier alpha value is -3.86. The maximum atomic E-state index is 14.8. The van der Waals surface area contributed by atoms with Gasteiger partial charge in [0.2, 0.25) is 17.7 Å².